The van der Waals surface area contributed by atoms with E-state index >= 15 is 0 Å². The molecule has 0 fully saturated rings. The van der Waals surface area contributed by atoms with Crippen LogP contribution < -0.4 is 5.32 Å². The first kappa shape index (κ1) is 17.4. The number of aldehydes is 1. The van der Waals surface area contributed by atoms with Crippen LogP contribution >= 0.6 is 0 Å². The average molecular weight is 310 g/mol. The molecule has 1 aromatic carbocycles. The first-order valence-electron chi connectivity index (χ1n) is 6.44. The second kappa shape index (κ2) is 6.00. The highest BCUT2D eigenvalue weighted by Gasteiger charge is 2.34. The first-order chi connectivity index (χ1) is 9.98. The van der Waals surface area contributed by atoms with E-state index in [1.165, 1.54) is 6.92 Å². The number of nitrogens with zero attached hydrogens (tertiary/aromatic N) is 1. The summed E-state index contributed by atoms with van der Waals surface area (Å²) in [5, 5.41) is 23.0. The zero-order chi connectivity index (χ0) is 17.1. The fourth-order valence-corrected chi connectivity index (χ4v) is 1.73. The minimum Gasteiger partial charge on any atom is -0.508 e. The largest absolute Gasteiger partial charge is 0.508 e. The molecule has 0 saturated carbocycles. The lowest BCUT2D eigenvalue weighted by Crippen LogP contribution is -2.47. The van der Waals surface area contributed by atoms with Crippen molar-refractivity contribution >= 4 is 18.1 Å². The van der Waals surface area contributed by atoms with E-state index < -0.39 is 22.2 Å². The maximum absolute atomic E-state index is 11.8. The van der Waals surface area contributed by atoms with Crippen molar-refractivity contribution in [3.8, 4) is 5.75 Å². The molecule has 0 saturated heterocycles. The van der Waals surface area contributed by atoms with Gasteiger partial charge in [-0.1, -0.05) is 0 Å². The van der Waals surface area contributed by atoms with Crippen molar-refractivity contribution < 1.29 is 24.4 Å². The smallest absolute Gasteiger partial charge is 0.408 e. The van der Waals surface area contributed by atoms with Crippen LogP contribution in [0.5, 0.6) is 5.75 Å². The fraction of sp³-hybridized carbons (Fsp3) is 0.429. The molecule has 1 rings (SSSR count). The summed E-state index contributed by atoms with van der Waals surface area (Å²) in [7, 11) is 0. The molecule has 0 radical (unpaired) electrons. The predicted octanol–water partition coefficient (Wildman–Crippen LogP) is 2.24. The normalized spacial score (nSPS) is 13.8. The summed E-state index contributed by atoms with van der Waals surface area (Å²) in [4.78, 5) is 33.4. The molecule has 8 nitrogen and oxygen atoms in total. The molecule has 1 unspecified atom stereocenters. The molecule has 8 heteroatoms. The van der Waals surface area contributed by atoms with Gasteiger partial charge in [-0.15, -0.1) is 0 Å². The van der Waals surface area contributed by atoms with Crippen LogP contribution in [0.15, 0.2) is 18.2 Å². The van der Waals surface area contributed by atoms with Gasteiger partial charge < -0.3 is 20.0 Å². The third kappa shape index (κ3) is 4.18. The Kier molecular flexibility index (Phi) is 4.75. The van der Waals surface area contributed by atoms with Crippen molar-refractivity contribution in [2.45, 2.75) is 38.8 Å². The molecular formula is C14H18N2O6. The molecule has 120 valence electrons. The second-order valence-electron chi connectivity index (χ2n) is 5.91. The molecule has 1 amide bonds. The van der Waals surface area contributed by atoms with Gasteiger partial charge >= 0.3 is 6.09 Å². The molecule has 0 aliphatic carbocycles. The zero-order valence-corrected chi connectivity index (χ0v) is 12.7. The summed E-state index contributed by atoms with van der Waals surface area (Å²) in [5.41, 5.74) is -2.86. The van der Waals surface area contributed by atoms with E-state index in [-0.39, 0.29) is 17.0 Å². The number of nitrogens with one attached hydrogen (secondary N) is 1. The molecule has 2 N–H and O–H groups in total. The van der Waals surface area contributed by atoms with E-state index in [9.17, 15) is 24.8 Å². The molecule has 1 aromatic rings. The molecular weight excluding hydrogens is 292 g/mol. The van der Waals surface area contributed by atoms with Crippen LogP contribution in [0, 0.1) is 10.1 Å². The van der Waals surface area contributed by atoms with Crippen LogP contribution in [0.2, 0.25) is 0 Å². The highest BCUT2D eigenvalue weighted by molar-refractivity contribution is 5.79. The topological polar surface area (TPSA) is 119 Å². The van der Waals surface area contributed by atoms with Crippen LogP contribution in [0.4, 0.5) is 10.5 Å². The van der Waals surface area contributed by atoms with Crippen molar-refractivity contribution in [2.24, 2.45) is 0 Å². The van der Waals surface area contributed by atoms with Crippen molar-refractivity contribution in [1.82, 2.24) is 5.32 Å². The van der Waals surface area contributed by atoms with Crippen LogP contribution in [0.1, 0.15) is 33.3 Å². The number of phenols is 1. The second-order valence-corrected chi connectivity index (χ2v) is 5.91. The molecule has 0 heterocycles. The number of phenolic OH excluding ortho intramolecular Hbond substituents is 1. The van der Waals surface area contributed by atoms with Gasteiger partial charge in [0.2, 0.25) is 0 Å². The van der Waals surface area contributed by atoms with Gasteiger partial charge in [0.15, 0.2) is 0 Å². The maximum Gasteiger partial charge on any atom is 0.408 e. The lowest BCUT2D eigenvalue weighted by molar-refractivity contribution is -0.385. The van der Waals surface area contributed by atoms with E-state index in [1.807, 2.05) is 0 Å². The number of carbonyl (C=O) groups excluding carboxylic acids is 2. The summed E-state index contributed by atoms with van der Waals surface area (Å²) in [6.45, 7) is 6.25. The summed E-state index contributed by atoms with van der Waals surface area (Å²) >= 11 is 0. The number of rotatable bonds is 4. The lowest BCUT2D eigenvalue weighted by atomic mass is 9.92. The van der Waals surface area contributed by atoms with Crippen LogP contribution in [-0.2, 0) is 15.1 Å². The van der Waals surface area contributed by atoms with Crippen molar-refractivity contribution in [1.29, 1.82) is 0 Å². The number of hydrogen-bond acceptors (Lipinski definition) is 6. The highest BCUT2D eigenvalue weighted by atomic mass is 16.6. The van der Waals surface area contributed by atoms with E-state index in [0.29, 0.717) is 6.29 Å². The lowest BCUT2D eigenvalue weighted by Gasteiger charge is -2.28. The standard InChI is InChI=1S/C14H18N2O6/c1-13(2,3)22-12(19)15-14(4,8-17)10-7-9(16(20)21)5-6-11(10)18/h5-8,18H,1-4H3,(H,15,19). The van der Waals surface area contributed by atoms with Gasteiger partial charge in [0.05, 0.1) is 4.92 Å². The van der Waals surface area contributed by atoms with Crippen LogP contribution in [0.3, 0.4) is 0 Å². The fourth-order valence-electron chi connectivity index (χ4n) is 1.73. The van der Waals surface area contributed by atoms with E-state index in [2.05, 4.69) is 5.32 Å². The predicted molar refractivity (Wildman–Crippen MR) is 77.5 cm³/mol. The molecule has 0 aliphatic heterocycles. The number of aromatic hydroxyl groups is 1. The number of alkyl carbamates (subject to hydrolysis) is 1. The molecule has 22 heavy (non-hydrogen) atoms. The number of benzene rings is 1. The Morgan fingerprint density at radius 1 is 1.36 bits per heavy atom. The van der Waals surface area contributed by atoms with Gasteiger partial charge in [0.1, 0.15) is 23.2 Å². The Hall–Kier alpha value is -2.64. The van der Waals surface area contributed by atoms with Gasteiger partial charge in [-0.05, 0) is 33.8 Å². The summed E-state index contributed by atoms with van der Waals surface area (Å²) in [6, 6.07) is 3.21. The minimum atomic E-state index is -1.67. The minimum absolute atomic E-state index is 0.0949. The number of ether oxygens (including phenoxy) is 1. The number of nitro benzene ring substituents is 1. The van der Waals surface area contributed by atoms with Gasteiger partial charge in [0, 0.05) is 17.7 Å². The maximum atomic E-state index is 11.8. The first-order valence-corrected chi connectivity index (χ1v) is 6.44. The van der Waals surface area contributed by atoms with Crippen molar-refractivity contribution in [2.75, 3.05) is 0 Å². The van der Waals surface area contributed by atoms with E-state index in [4.69, 9.17) is 4.74 Å². The molecule has 0 spiro atoms. The van der Waals surface area contributed by atoms with Crippen LogP contribution in [-0.4, -0.2) is 28.0 Å². The molecule has 1 atom stereocenters. The number of hydrogen-bond donors (Lipinski definition) is 2. The van der Waals surface area contributed by atoms with E-state index in [1.54, 1.807) is 20.8 Å². The third-order valence-corrected chi connectivity index (χ3v) is 2.75. The number of non-ortho nitro benzene ring substituents is 1. The Bertz CT molecular complexity index is 608. The van der Waals surface area contributed by atoms with Crippen molar-refractivity contribution in [3.63, 3.8) is 0 Å². The molecule has 0 aliphatic rings. The SMILES string of the molecule is CC(C)(C)OC(=O)NC(C)(C=O)c1cc([N+](=O)[O-])ccc1O. The highest BCUT2D eigenvalue weighted by Crippen LogP contribution is 2.31. The van der Waals surface area contributed by atoms with E-state index in [0.717, 1.165) is 18.2 Å². The summed E-state index contributed by atoms with van der Waals surface area (Å²) < 4.78 is 5.05. The number of nitro groups is 1. The zero-order valence-electron chi connectivity index (χ0n) is 12.7. The van der Waals surface area contributed by atoms with Gasteiger partial charge in [-0.25, -0.2) is 4.79 Å². The number of carbonyl (C=O) groups is 2. The Balaban J connectivity index is 3.18. The molecule has 0 aromatic heterocycles. The summed E-state index contributed by atoms with van der Waals surface area (Å²) in [6.07, 6.45) is -0.511. The van der Waals surface area contributed by atoms with Gasteiger partial charge in [-0.2, -0.15) is 0 Å². The van der Waals surface area contributed by atoms with Gasteiger partial charge in [-0.3, -0.25) is 10.1 Å². The Morgan fingerprint density at radius 3 is 2.41 bits per heavy atom. The van der Waals surface area contributed by atoms with Crippen molar-refractivity contribution in [3.05, 3.63) is 33.9 Å². The third-order valence-electron chi connectivity index (χ3n) is 2.75. The Morgan fingerprint density at radius 2 is 1.95 bits per heavy atom. The molecule has 0 bridgehead atoms. The monoisotopic (exact) mass is 310 g/mol. The Labute approximate surface area is 127 Å². The summed E-state index contributed by atoms with van der Waals surface area (Å²) in [5.74, 6) is -0.351. The van der Waals surface area contributed by atoms with Gasteiger partial charge in [0.25, 0.3) is 5.69 Å². The quantitative estimate of drug-likeness (QED) is 0.500. The average Bonchev–Trinajstić information content (AvgIpc) is 2.36. The van der Waals surface area contributed by atoms with Crippen LogP contribution in [0.25, 0.3) is 0 Å². The number of amides is 1.